The largest absolute Gasteiger partial charge is 0.462 e. The Balaban J connectivity index is 1.89. The summed E-state index contributed by atoms with van der Waals surface area (Å²) in [6.07, 6.45) is -4.05. The van der Waals surface area contributed by atoms with E-state index in [1.54, 1.807) is 13.8 Å². The standard InChI is InChI=1S/C22H21F3N4O4/c1-5-33-21(32)16-10-26-29(19(16)22(23,24)25)15-8-6-14(7-9-15)28-20(31)18-11(2)17(13(4)30)12(3)27-18/h6-10,27H,5H2,1-4H3,(H,28,31). The number of ether oxygens (including phenoxy) is 1. The minimum Gasteiger partial charge on any atom is -0.462 e. The Hall–Kier alpha value is -3.89. The molecule has 0 spiro atoms. The summed E-state index contributed by atoms with van der Waals surface area (Å²) in [4.78, 5) is 39.2. The third-order valence-electron chi connectivity index (χ3n) is 4.92. The Morgan fingerprint density at radius 3 is 2.30 bits per heavy atom. The summed E-state index contributed by atoms with van der Waals surface area (Å²) < 4.78 is 46.2. The number of Topliss-reactive ketones (excluding diaryl/α,β-unsaturated/α-hetero) is 1. The van der Waals surface area contributed by atoms with Gasteiger partial charge in [0.25, 0.3) is 5.91 Å². The van der Waals surface area contributed by atoms with Crippen molar-refractivity contribution in [3.63, 3.8) is 0 Å². The first kappa shape index (κ1) is 23.8. The van der Waals surface area contributed by atoms with Crippen LogP contribution in [0.25, 0.3) is 5.69 Å². The number of hydrogen-bond acceptors (Lipinski definition) is 5. The van der Waals surface area contributed by atoms with Gasteiger partial charge in [0.05, 0.1) is 18.5 Å². The van der Waals surface area contributed by atoms with Gasteiger partial charge in [-0.2, -0.15) is 18.3 Å². The molecule has 8 nitrogen and oxygen atoms in total. The van der Waals surface area contributed by atoms with E-state index in [9.17, 15) is 27.6 Å². The van der Waals surface area contributed by atoms with Gasteiger partial charge in [-0.05, 0) is 57.5 Å². The maximum Gasteiger partial charge on any atom is 0.434 e. The first-order valence-corrected chi connectivity index (χ1v) is 9.89. The SMILES string of the molecule is CCOC(=O)c1cnn(-c2ccc(NC(=O)c3[nH]c(C)c(C(C)=O)c3C)cc2)c1C(F)(F)F. The van der Waals surface area contributed by atoms with Gasteiger partial charge in [-0.1, -0.05) is 0 Å². The number of amides is 1. The summed E-state index contributed by atoms with van der Waals surface area (Å²) in [7, 11) is 0. The minimum absolute atomic E-state index is 0.0293. The summed E-state index contributed by atoms with van der Waals surface area (Å²) >= 11 is 0. The first-order valence-electron chi connectivity index (χ1n) is 9.89. The average Bonchev–Trinajstić information content (AvgIpc) is 3.30. The number of aryl methyl sites for hydroxylation is 1. The molecule has 2 heterocycles. The summed E-state index contributed by atoms with van der Waals surface area (Å²) in [5.74, 6) is -1.80. The normalized spacial score (nSPS) is 11.4. The van der Waals surface area contributed by atoms with E-state index in [1.165, 1.54) is 38.1 Å². The predicted octanol–water partition coefficient (Wildman–Crippen LogP) is 4.47. The minimum atomic E-state index is -4.86. The third kappa shape index (κ3) is 4.66. The van der Waals surface area contributed by atoms with E-state index in [2.05, 4.69) is 20.1 Å². The molecule has 3 rings (SSSR count). The zero-order valence-electron chi connectivity index (χ0n) is 18.3. The summed E-state index contributed by atoms with van der Waals surface area (Å²) in [6, 6.07) is 5.44. The number of aromatic amines is 1. The van der Waals surface area contributed by atoms with Crippen LogP contribution in [0, 0.1) is 13.8 Å². The second-order valence-corrected chi connectivity index (χ2v) is 7.22. The van der Waals surface area contributed by atoms with Crippen LogP contribution in [0.1, 0.15) is 62.0 Å². The van der Waals surface area contributed by atoms with Crippen molar-refractivity contribution in [2.75, 3.05) is 11.9 Å². The molecular formula is C22H21F3N4O4. The van der Waals surface area contributed by atoms with E-state index in [-0.39, 0.29) is 23.8 Å². The molecule has 33 heavy (non-hydrogen) atoms. The van der Waals surface area contributed by atoms with Crippen molar-refractivity contribution in [2.24, 2.45) is 0 Å². The molecule has 0 aliphatic heterocycles. The van der Waals surface area contributed by atoms with Gasteiger partial charge in [0, 0.05) is 16.9 Å². The Labute approximate surface area is 186 Å². The molecule has 174 valence electrons. The van der Waals surface area contributed by atoms with Crippen LogP contribution in [0.5, 0.6) is 0 Å². The number of carbonyl (C=O) groups is 3. The van der Waals surface area contributed by atoms with Crippen molar-refractivity contribution >= 4 is 23.3 Å². The number of nitrogens with one attached hydrogen (secondary N) is 2. The van der Waals surface area contributed by atoms with E-state index in [0.29, 0.717) is 27.2 Å². The fourth-order valence-electron chi connectivity index (χ4n) is 3.56. The number of halogens is 3. The molecule has 11 heteroatoms. The molecule has 0 aliphatic carbocycles. The number of carbonyl (C=O) groups excluding carboxylic acids is 3. The van der Waals surface area contributed by atoms with E-state index < -0.39 is 29.3 Å². The molecule has 0 atom stereocenters. The van der Waals surface area contributed by atoms with Crippen LogP contribution < -0.4 is 5.32 Å². The molecule has 2 aromatic heterocycles. The van der Waals surface area contributed by atoms with Crippen molar-refractivity contribution in [1.82, 2.24) is 14.8 Å². The van der Waals surface area contributed by atoms with Crippen molar-refractivity contribution in [3.8, 4) is 5.69 Å². The number of hydrogen-bond donors (Lipinski definition) is 2. The van der Waals surface area contributed by atoms with Crippen LogP contribution >= 0.6 is 0 Å². The van der Waals surface area contributed by atoms with Gasteiger partial charge in [0.15, 0.2) is 11.5 Å². The number of H-pyrrole nitrogens is 1. The highest BCUT2D eigenvalue weighted by Gasteiger charge is 2.41. The first-order chi connectivity index (χ1) is 15.5. The van der Waals surface area contributed by atoms with Crippen molar-refractivity contribution in [3.05, 3.63) is 64.2 Å². The molecule has 0 saturated carbocycles. The number of nitrogens with zero attached hydrogens (tertiary/aromatic N) is 2. The summed E-state index contributed by atoms with van der Waals surface area (Å²) in [5.41, 5.74) is 0.113. The lowest BCUT2D eigenvalue weighted by atomic mass is 10.1. The highest BCUT2D eigenvalue weighted by molar-refractivity contribution is 6.07. The monoisotopic (exact) mass is 462 g/mol. The molecule has 0 aliphatic rings. The van der Waals surface area contributed by atoms with Crippen molar-refractivity contribution in [1.29, 1.82) is 0 Å². The van der Waals surface area contributed by atoms with Gasteiger partial charge in [0.1, 0.15) is 11.3 Å². The molecule has 2 N–H and O–H groups in total. The van der Waals surface area contributed by atoms with Gasteiger partial charge >= 0.3 is 12.1 Å². The van der Waals surface area contributed by atoms with E-state index in [4.69, 9.17) is 0 Å². The lowest BCUT2D eigenvalue weighted by Gasteiger charge is -2.13. The van der Waals surface area contributed by atoms with Crippen LogP contribution in [0.15, 0.2) is 30.5 Å². The molecule has 1 aromatic carbocycles. The van der Waals surface area contributed by atoms with Gasteiger partial charge in [-0.15, -0.1) is 0 Å². The number of benzene rings is 1. The fourth-order valence-corrected chi connectivity index (χ4v) is 3.56. The zero-order chi connectivity index (χ0) is 24.5. The molecule has 0 bridgehead atoms. The van der Waals surface area contributed by atoms with Gasteiger partial charge in [0.2, 0.25) is 0 Å². The average molecular weight is 462 g/mol. The Morgan fingerprint density at radius 2 is 1.79 bits per heavy atom. The van der Waals surface area contributed by atoms with Crippen LogP contribution in [0.3, 0.4) is 0 Å². The second kappa shape index (κ2) is 8.93. The van der Waals surface area contributed by atoms with Gasteiger partial charge in [-0.3, -0.25) is 9.59 Å². The van der Waals surface area contributed by atoms with Crippen molar-refractivity contribution < 1.29 is 32.3 Å². The Morgan fingerprint density at radius 1 is 1.15 bits per heavy atom. The molecule has 0 fully saturated rings. The number of rotatable bonds is 6. The zero-order valence-corrected chi connectivity index (χ0v) is 18.3. The Kier molecular flexibility index (Phi) is 6.43. The number of alkyl halides is 3. The van der Waals surface area contributed by atoms with E-state index in [0.717, 1.165) is 6.20 Å². The predicted molar refractivity (Wildman–Crippen MR) is 113 cm³/mol. The van der Waals surface area contributed by atoms with Gasteiger partial charge in [-0.25, -0.2) is 9.48 Å². The van der Waals surface area contributed by atoms with Crippen LogP contribution in [0.4, 0.5) is 18.9 Å². The lowest BCUT2D eigenvalue weighted by Crippen LogP contribution is -2.18. The highest BCUT2D eigenvalue weighted by atomic mass is 19.4. The van der Waals surface area contributed by atoms with Crippen molar-refractivity contribution in [2.45, 2.75) is 33.9 Å². The number of ketones is 1. The summed E-state index contributed by atoms with van der Waals surface area (Å²) in [5, 5.41) is 6.34. The van der Waals surface area contributed by atoms with E-state index in [1.807, 2.05) is 0 Å². The smallest absolute Gasteiger partial charge is 0.434 e. The highest BCUT2D eigenvalue weighted by Crippen LogP contribution is 2.34. The fraction of sp³-hybridized carbons (Fsp3) is 0.273. The molecule has 0 radical (unpaired) electrons. The third-order valence-corrected chi connectivity index (χ3v) is 4.92. The number of aromatic nitrogens is 3. The van der Waals surface area contributed by atoms with Crippen LogP contribution in [-0.4, -0.2) is 39.0 Å². The van der Waals surface area contributed by atoms with Gasteiger partial charge < -0.3 is 15.0 Å². The summed E-state index contributed by atoms with van der Waals surface area (Å²) in [6.45, 7) is 6.14. The Bertz CT molecular complexity index is 1220. The number of esters is 1. The molecule has 3 aromatic rings. The van der Waals surface area contributed by atoms with Crippen LogP contribution in [0.2, 0.25) is 0 Å². The maximum absolute atomic E-state index is 13.6. The molecule has 0 saturated heterocycles. The topological polar surface area (TPSA) is 106 Å². The second-order valence-electron chi connectivity index (χ2n) is 7.22. The molecule has 1 amide bonds. The van der Waals surface area contributed by atoms with E-state index >= 15 is 0 Å². The van der Waals surface area contributed by atoms with Crippen LogP contribution in [-0.2, 0) is 10.9 Å². The number of anilines is 1. The maximum atomic E-state index is 13.6. The molecular weight excluding hydrogens is 441 g/mol. The molecule has 0 unspecified atom stereocenters. The quantitative estimate of drug-likeness (QED) is 0.415. The lowest BCUT2D eigenvalue weighted by molar-refractivity contribution is -0.143.